The minimum absolute atomic E-state index is 0.0740. The first-order valence-corrected chi connectivity index (χ1v) is 9.52. The van der Waals surface area contributed by atoms with Crippen LogP contribution in [0.1, 0.15) is 34.5 Å². The maximum atomic E-state index is 12.8. The normalized spacial score (nSPS) is 30.3. The van der Waals surface area contributed by atoms with Crippen molar-refractivity contribution in [2.45, 2.75) is 37.8 Å². The van der Waals surface area contributed by atoms with Crippen LogP contribution in [0.15, 0.2) is 18.2 Å². The van der Waals surface area contributed by atoms with Gasteiger partial charge in [-0.1, -0.05) is 23.7 Å². The van der Waals surface area contributed by atoms with Crippen molar-refractivity contribution in [3.8, 4) is 0 Å². The van der Waals surface area contributed by atoms with Crippen LogP contribution in [0.2, 0.25) is 5.02 Å². The lowest BCUT2D eigenvalue weighted by Crippen LogP contribution is -2.51. The first kappa shape index (κ1) is 14.3. The molecular weight excluding hydrogens is 328 g/mol. The monoisotopic (exact) mass is 346 g/mol. The van der Waals surface area contributed by atoms with Gasteiger partial charge in [-0.05, 0) is 55.7 Å². The van der Waals surface area contributed by atoms with Gasteiger partial charge < -0.3 is 5.32 Å². The molecule has 23 heavy (non-hydrogen) atoms. The number of aryl methyl sites for hydroxylation is 1. The minimum Gasteiger partial charge on any atom is -0.346 e. The number of carbonyl (C=O) groups excluding carboxylic acids is 1. The predicted octanol–water partition coefficient (Wildman–Crippen LogP) is 3.83. The van der Waals surface area contributed by atoms with E-state index in [4.69, 9.17) is 11.6 Å². The molecule has 2 aliphatic heterocycles. The third kappa shape index (κ3) is 1.95. The van der Waals surface area contributed by atoms with E-state index in [1.165, 1.54) is 43.7 Å². The molecule has 3 atom stereocenters. The minimum atomic E-state index is 0.0740. The Kier molecular flexibility index (Phi) is 2.92. The number of rotatable bonds is 2. The molecule has 0 radical (unpaired) electrons. The second kappa shape index (κ2) is 4.71. The lowest BCUT2D eigenvalue weighted by atomic mass is 9.92. The molecule has 1 amide bonds. The molecule has 2 aromatic rings. The van der Waals surface area contributed by atoms with Crippen molar-refractivity contribution in [1.29, 1.82) is 0 Å². The van der Waals surface area contributed by atoms with Gasteiger partial charge in [0.15, 0.2) is 0 Å². The van der Waals surface area contributed by atoms with E-state index in [2.05, 4.69) is 16.3 Å². The molecule has 1 spiro atoms. The lowest BCUT2D eigenvalue weighted by Gasteiger charge is -2.33. The van der Waals surface area contributed by atoms with Gasteiger partial charge in [-0.25, -0.2) is 0 Å². The molecule has 1 aliphatic carbocycles. The second-order valence-corrected chi connectivity index (χ2v) is 8.71. The summed E-state index contributed by atoms with van der Waals surface area (Å²) >= 11 is 7.91. The average Bonchev–Trinajstić information content (AvgIpc) is 2.93. The quantitative estimate of drug-likeness (QED) is 0.896. The summed E-state index contributed by atoms with van der Waals surface area (Å²) < 4.78 is 1.02. The van der Waals surface area contributed by atoms with Gasteiger partial charge in [0.25, 0.3) is 5.91 Å². The van der Waals surface area contributed by atoms with Crippen LogP contribution in [-0.2, 0) is 0 Å². The lowest BCUT2D eigenvalue weighted by molar-refractivity contribution is 0.0896. The first-order valence-electron chi connectivity index (χ1n) is 8.33. The summed E-state index contributed by atoms with van der Waals surface area (Å²) in [6.45, 7) is 4.39. The summed E-state index contributed by atoms with van der Waals surface area (Å²) in [5, 5.41) is 5.20. The SMILES string of the molecule is Cc1ccc2cc(C(=O)N[C@@H]3C4CCN(C4)C34CC4)sc2c1Cl. The molecular formula is C18H19ClN2OS. The summed E-state index contributed by atoms with van der Waals surface area (Å²) in [7, 11) is 0. The maximum absolute atomic E-state index is 12.8. The molecule has 2 saturated heterocycles. The van der Waals surface area contributed by atoms with E-state index in [9.17, 15) is 4.79 Å². The van der Waals surface area contributed by atoms with E-state index in [1.54, 1.807) is 0 Å². The fraction of sp³-hybridized carbons (Fsp3) is 0.500. The van der Waals surface area contributed by atoms with Crippen LogP contribution in [0.25, 0.3) is 10.1 Å². The van der Waals surface area contributed by atoms with Crippen molar-refractivity contribution >= 4 is 38.9 Å². The van der Waals surface area contributed by atoms with Gasteiger partial charge in [0.05, 0.1) is 20.6 Å². The average molecular weight is 347 g/mol. The summed E-state index contributed by atoms with van der Waals surface area (Å²) in [4.78, 5) is 16.2. The summed E-state index contributed by atoms with van der Waals surface area (Å²) in [5.41, 5.74) is 1.36. The Balaban J connectivity index is 1.44. The zero-order valence-corrected chi connectivity index (χ0v) is 14.6. The molecule has 1 N–H and O–H groups in total. The van der Waals surface area contributed by atoms with Crippen LogP contribution in [0.3, 0.4) is 0 Å². The molecule has 1 aromatic heterocycles. The van der Waals surface area contributed by atoms with Gasteiger partial charge in [-0.15, -0.1) is 11.3 Å². The highest BCUT2D eigenvalue weighted by Crippen LogP contribution is 2.55. The zero-order chi connectivity index (χ0) is 15.8. The number of piperidine rings is 1. The Morgan fingerprint density at radius 1 is 1.43 bits per heavy atom. The van der Waals surface area contributed by atoms with E-state index in [0.29, 0.717) is 17.5 Å². The van der Waals surface area contributed by atoms with Crippen LogP contribution in [-0.4, -0.2) is 35.5 Å². The highest BCUT2D eigenvalue weighted by Gasteiger charge is 2.63. The standard InChI is InChI=1S/C18H19ClN2OS/c1-10-2-3-11-8-13(23-15(11)14(10)19)17(22)20-16-12-4-7-21(9-12)18(16)5-6-18/h2-3,8,12,16H,4-7,9H2,1H3,(H,20,22)/t12?,16-/m1/s1. The van der Waals surface area contributed by atoms with Gasteiger partial charge in [-0.3, -0.25) is 9.69 Å². The van der Waals surface area contributed by atoms with Crippen molar-refractivity contribution in [2.24, 2.45) is 5.92 Å². The Labute approximate surface area is 144 Å². The van der Waals surface area contributed by atoms with Gasteiger partial charge >= 0.3 is 0 Å². The molecule has 120 valence electrons. The van der Waals surface area contributed by atoms with E-state index in [1.807, 2.05) is 19.1 Å². The number of thiophene rings is 1. The highest BCUT2D eigenvalue weighted by atomic mass is 35.5. The van der Waals surface area contributed by atoms with Gasteiger partial charge in [-0.2, -0.15) is 0 Å². The first-order chi connectivity index (χ1) is 11.1. The van der Waals surface area contributed by atoms with Crippen LogP contribution in [0, 0.1) is 12.8 Å². The molecule has 5 heteroatoms. The van der Waals surface area contributed by atoms with Gasteiger partial charge in [0.2, 0.25) is 0 Å². The predicted molar refractivity (Wildman–Crippen MR) is 94.5 cm³/mol. The summed E-state index contributed by atoms with van der Waals surface area (Å²) in [6.07, 6.45) is 3.71. The smallest absolute Gasteiger partial charge is 0.261 e. The third-order valence-electron chi connectivity index (χ3n) is 6.00. The fourth-order valence-electron chi connectivity index (χ4n) is 4.60. The summed E-state index contributed by atoms with van der Waals surface area (Å²) in [6, 6.07) is 6.39. The van der Waals surface area contributed by atoms with E-state index in [-0.39, 0.29) is 5.91 Å². The summed E-state index contributed by atoms with van der Waals surface area (Å²) in [5.74, 6) is 0.714. The van der Waals surface area contributed by atoms with Gasteiger partial charge in [0.1, 0.15) is 0 Å². The molecule has 2 bridgehead atoms. The van der Waals surface area contributed by atoms with E-state index >= 15 is 0 Å². The molecule has 3 fully saturated rings. The number of nitrogens with one attached hydrogen (secondary N) is 1. The van der Waals surface area contributed by atoms with Crippen molar-refractivity contribution in [1.82, 2.24) is 10.2 Å². The van der Waals surface area contributed by atoms with Crippen LogP contribution >= 0.6 is 22.9 Å². The molecule has 3 nitrogen and oxygen atoms in total. The number of benzene rings is 1. The highest BCUT2D eigenvalue weighted by molar-refractivity contribution is 7.21. The van der Waals surface area contributed by atoms with E-state index in [0.717, 1.165) is 25.5 Å². The number of fused-ring (bicyclic) bond motifs is 4. The molecule has 1 saturated carbocycles. The topological polar surface area (TPSA) is 32.3 Å². The van der Waals surface area contributed by atoms with Crippen LogP contribution < -0.4 is 5.32 Å². The van der Waals surface area contributed by atoms with Crippen LogP contribution in [0.5, 0.6) is 0 Å². The molecule has 3 aliphatic rings. The molecule has 5 rings (SSSR count). The number of amides is 1. The molecule has 3 heterocycles. The third-order valence-corrected chi connectivity index (χ3v) is 7.76. The number of hydrogen-bond acceptors (Lipinski definition) is 3. The molecule has 1 aromatic carbocycles. The van der Waals surface area contributed by atoms with Crippen molar-refractivity contribution in [3.05, 3.63) is 33.7 Å². The van der Waals surface area contributed by atoms with Crippen molar-refractivity contribution < 1.29 is 4.79 Å². The number of carbonyl (C=O) groups is 1. The Hall–Kier alpha value is -1.10. The van der Waals surface area contributed by atoms with Gasteiger partial charge in [0, 0.05) is 12.1 Å². The fourth-order valence-corrected chi connectivity index (χ4v) is 5.94. The largest absolute Gasteiger partial charge is 0.346 e. The number of nitrogens with zero attached hydrogens (tertiary/aromatic N) is 1. The zero-order valence-electron chi connectivity index (χ0n) is 13.1. The van der Waals surface area contributed by atoms with Crippen LogP contribution in [0.4, 0.5) is 0 Å². The Morgan fingerprint density at radius 3 is 3.04 bits per heavy atom. The Bertz CT molecular complexity index is 826. The second-order valence-electron chi connectivity index (χ2n) is 7.27. The number of hydrogen-bond donors (Lipinski definition) is 1. The number of halogens is 1. The molecule has 2 unspecified atom stereocenters. The van der Waals surface area contributed by atoms with E-state index < -0.39 is 0 Å². The Morgan fingerprint density at radius 2 is 2.26 bits per heavy atom. The van der Waals surface area contributed by atoms with Crippen molar-refractivity contribution in [3.63, 3.8) is 0 Å². The van der Waals surface area contributed by atoms with Crippen molar-refractivity contribution in [2.75, 3.05) is 13.1 Å². The maximum Gasteiger partial charge on any atom is 0.261 e.